The molecule has 484 valence electrons. The fourth-order valence-electron chi connectivity index (χ4n) is 10.1. The molecule has 21 N–H and O–H groups in total. The van der Waals surface area contributed by atoms with Crippen molar-refractivity contribution in [3.05, 3.63) is 23.0 Å². The molecule has 14 heterocycles. The summed E-state index contributed by atoms with van der Waals surface area (Å²) in [4.78, 5) is 0. The fraction of sp³-hybridized carbons (Fsp3) is 0.918. The van der Waals surface area contributed by atoms with Crippen LogP contribution in [0.2, 0.25) is 0 Å². The first-order chi connectivity index (χ1) is 39.1. The van der Waals surface area contributed by atoms with Crippen LogP contribution < -0.4 is 0 Å². The lowest BCUT2D eigenvalue weighted by atomic mass is 9.89. The van der Waals surface area contributed by atoms with E-state index < -0.39 is 259 Å². The van der Waals surface area contributed by atoms with Gasteiger partial charge in [0.25, 0.3) is 0 Å². The van der Waals surface area contributed by atoms with E-state index in [1.807, 2.05) is 0 Å². The molecule has 0 aromatic rings. The molecule has 14 rings (SSSR count). The first-order valence-corrected chi connectivity index (χ1v) is 27.1. The molecule has 30 atom stereocenters. The molecule has 0 aromatic heterocycles. The molecule has 34 nitrogen and oxygen atoms in total. The third-order valence-electron chi connectivity index (χ3n) is 14.9. The van der Waals surface area contributed by atoms with Crippen molar-refractivity contribution in [1.82, 2.24) is 0 Å². The van der Waals surface area contributed by atoms with Crippen molar-refractivity contribution in [2.24, 2.45) is 11.8 Å². The Balaban J connectivity index is 1.38. The van der Waals surface area contributed by atoms with Gasteiger partial charge in [-0.25, -0.2) is 0 Å². The van der Waals surface area contributed by atoms with Crippen LogP contribution in [0.4, 0.5) is 0 Å². The van der Waals surface area contributed by atoms with Gasteiger partial charge in [0.05, 0.1) is 32.0 Å². The van der Waals surface area contributed by atoms with E-state index in [0.717, 1.165) is 0 Å². The van der Waals surface area contributed by atoms with Crippen molar-refractivity contribution in [2.75, 3.05) is 39.6 Å². The van der Waals surface area contributed by atoms with Crippen LogP contribution >= 0.6 is 0 Å². The van der Waals surface area contributed by atoms with Crippen LogP contribution in [-0.4, -0.2) is 331 Å². The van der Waals surface area contributed by atoms with E-state index in [0.29, 0.717) is 0 Å². The zero-order valence-corrected chi connectivity index (χ0v) is 45.8. The molecule has 10 bridgehead atoms. The number of fused-ring (bicyclic) bond motifs is 1. The summed E-state index contributed by atoms with van der Waals surface area (Å²) in [6.07, 6.45) is -60.9. The van der Waals surface area contributed by atoms with Crippen LogP contribution in [0.1, 0.15) is 47.5 Å². The summed E-state index contributed by atoms with van der Waals surface area (Å²) in [5.74, 6) is -6.73. The molecule has 0 spiro atoms. The van der Waals surface area contributed by atoms with Crippen molar-refractivity contribution in [3.8, 4) is 0 Å². The number of aliphatic hydroxyl groups excluding tert-OH is 21. The zero-order chi connectivity index (χ0) is 61.6. The summed E-state index contributed by atoms with van der Waals surface area (Å²) < 4.78 is 75.3. The SMILES string of the molecule is CC(C)COC1C(O)C2OC3C(CO)OC(OC4C(CO)OC(OC(CCO)/C(O)=C(/O)C(O)OC(CCO)/C(O)=C(\O)C(O)OC5C(C)OC(OC6C(CO)OC(OC1C([C@@H](O)C(C)C)O2)C(O)C6O)C(O)C5O)C(O)C4O)C(O)C3O. The molecule has 29 unspecified atom stereocenters. The van der Waals surface area contributed by atoms with Gasteiger partial charge in [0.15, 0.2) is 54.5 Å². The smallest absolute Gasteiger partial charge is 0.218 e. The maximum Gasteiger partial charge on any atom is 0.218 e. The Morgan fingerprint density at radius 3 is 1.16 bits per heavy atom. The highest BCUT2D eigenvalue weighted by Gasteiger charge is 2.58. The topological polar surface area (TPSA) is 545 Å². The highest BCUT2D eigenvalue weighted by atomic mass is 16.8. The van der Waals surface area contributed by atoms with Gasteiger partial charge in [-0.05, 0) is 18.8 Å². The molecule has 34 heteroatoms. The second-order valence-electron chi connectivity index (χ2n) is 21.7. The van der Waals surface area contributed by atoms with Crippen molar-refractivity contribution in [2.45, 2.75) is 232 Å². The van der Waals surface area contributed by atoms with Gasteiger partial charge < -0.3 is 169 Å². The molecule has 83 heavy (non-hydrogen) atoms. The number of hydrogen-bond donors (Lipinski definition) is 21. The Morgan fingerprint density at radius 1 is 0.398 bits per heavy atom. The second-order valence-corrected chi connectivity index (χ2v) is 21.7. The van der Waals surface area contributed by atoms with Gasteiger partial charge in [-0.2, -0.15) is 0 Å². The Labute approximate surface area is 474 Å². The Bertz CT molecular complexity index is 2030. The van der Waals surface area contributed by atoms with Crippen molar-refractivity contribution >= 4 is 0 Å². The quantitative estimate of drug-likeness (QED) is 0.0863. The highest BCUT2D eigenvalue weighted by molar-refractivity contribution is 5.11. The van der Waals surface area contributed by atoms with Gasteiger partial charge in [0.2, 0.25) is 12.6 Å². The molecule has 5 fully saturated rings. The lowest BCUT2D eigenvalue weighted by Crippen LogP contribution is -2.69. The highest BCUT2D eigenvalue weighted by Crippen LogP contribution is 2.39. The summed E-state index contributed by atoms with van der Waals surface area (Å²) in [5.41, 5.74) is 0. The molecule has 5 saturated heterocycles. The standard InChI is InChI=1S/C49H84O34/c1-14(2)13-71-40-35(68)49-81-39-21(12-54)76-47(33(66)27(39)60)80-38-19(10-52)75-46(32(65)26(38)59)74-18(7-9-51)24(57)29(62)43(69)73-17(6-8-50)23(56)30(63)44(70)78-36-16(5)72-45(31(64)25(36)58)79-37-20(11-53)77-48(34(67)28(37)61)83-42(40)41(82-49)22(55)15(3)4/h14-22,25-28,31-70H,6-13H2,1-5H3/b29-24-,30-23+/t16?,17?,18?,19?,20?,21?,22-,25?,26?,27?,28?,31?,32?,33?,34?,35?,36?,37?,38?,39?,40?,41?,42?,43?,44?,45?,46?,47?,48?,49?/m0/s1. The number of hydrogen-bond acceptors (Lipinski definition) is 34. The Kier molecular flexibility index (Phi) is 25.7. The third kappa shape index (κ3) is 15.7. The average Bonchev–Trinajstić information content (AvgIpc) is 2.99. The van der Waals surface area contributed by atoms with Crippen LogP contribution in [0.15, 0.2) is 23.0 Å². The number of ether oxygens (including phenoxy) is 13. The van der Waals surface area contributed by atoms with E-state index in [9.17, 15) is 107 Å². The predicted octanol–water partition coefficient (Wildman–Crippen LogP) is -8.32. The average molecular weight is 1220 g/mol. The molecule has 0 radical (unpaired) electrons. The van der Waals surface area contributed by atoms with Gasteiger partial charge in [0, 0.05) is 32.7 Å². The molecule has 14 aliphatic rings. The lowest BCUT2D eigenvalue weighted by molar-refractivity contribution is -0.399. The maximum atomic E-state index is 12.1. The van der Waals surface area contributed by atoms with Crippen molar-refractivity contribution < 1.29 is 169 Å². The van der Waals surface area contributed by atoms with Crippen LogP contribution in [0, 0.1) is 11.8 Å². The zero-order valence-electron chi connectivity index (χ0n) is 45.8. The van der Waals surface area contributed by atoms with E-state index in [1.54, 1.807) is 27.7 Å². The van der Waals surface area contributed by atoms with E-state index in [4.69, 9.17) is 61.6 Å². The van der Waals surface area contributed by atoms with Crippen LogP contribution in [0.3, 0.4) is 0 Å². The van der Waals surface area contributed by atoms with Crippen LogP contribution in [0.25, 0.3) is 0 Å². The van der Waals surface area contributed by atoms with Gasteiger partial charge >= 0.3 is 0 Å². The Hall–Kier alpha value is -2.52. The minimum absolute atomic E-state index is 0.125. The largest absolute Gasteiger partial charge is 0.506 e. The molecule has 0 amide bonds. The van der Waals surface area contributed by atoms with Gasteiger partial charge in [-0.15, -0.1) is 0 Å². The first kappa shape index (κ1) is 69.6. The fourth-order valence-corrected chi connectivity index (χ4v) is 10.1. The summed E-state index contributed by atoms with van der Waals surface area (Å²) in [7, 11) is 0. The maximum absolute atomic E-state index is 12.1. The molecule has 0 aromatic carbocycles. The number of rotatable bonds is 12. The van der Waals surface area contributed by atoms with Crippen molar-refractivity contribution in [1.29, 1.82) is 0 Å². The van der Waals surface area contributed by atoms with Crippen molar-refractivity contribution in [3.63, 3.8) is 0 Å². The van der Waals surface area contributed by atoms with Crippen LogP contribution in [-0.2, 0) is 61.6 Å². The van der Waals surface area contributed by atoms with Gasteiger partial charge in [-0.1, -0.05) is 27.7 Å². The van der Waals surface area contributed by atoms with E-state index >= 15 is 0 Å². The minimum Gasteiger partial charge on any atom is -0.506 e. The summed E-state index contributed by atoms with van der Waals surface area (Å²) in [6.45, 7) is 2.84. The Morgan fingerprint density at radius 2 is 0.759 bits per heavy atom. The van der Waals surface area contributed by atoms with Crippen LogP contribution in [0.5, 0.6) is 0 Å². The van der Waals surface area contributed by atoms with E-state index in [1.165, 1.54) is 6.92 Å². The lowest BCUT2D eigenvalue weighted by Gasteiger charge is -2.51. The summed E-state index contributed by atoms with van der Waals surface area (Å²) in [5, 5.41) is 232. The molecule has 0 aliphatic carbocycles. The summed E-state index contributed by atoms with van der Waals surface area (Å²) in [6, 6.07) is 0. The molecular weight excluding hydrogens is 1130 g/mol. The molecule has 14 aliphatic heterocycles. The van der Waals surface area contributed by atoms with E-state index in [-0.39, 0.29) is 12.5 Å². The molecular formula is C49H84O34. The van der Waals surface area contributed by atoms with Gasteiger partial charge in [0.1, 0.15) is 128 Å². The third-order valence-corrected chi connectivity index (χ3v) is 14.9. The monoisotopic (exact) mass is 1220 g/mol. The minimum atomic E-state index is -2.73. The second kappa shape index (κ2) is 30.6. The number of aliphatic hydroxyl groups is 21. The first-order valence-electron chi connectivity index (χ1n) is 27.1. The van der Waals surface area contributed by atoms with Gasteiger partial charge in [-0.3, -0.25) is 0 Å². The predicted molar refractivity (Wildman–Crippen MR) is 264 cm³/mol. The normalized spacial score (nSPS) is 48.2. The molecule has 0 saturated carbocycles. The van der Waals surface area contributed by atoms with E-state index in [2.05, 4.69) is 0 Å². The summed E-state index contributed by atoms with van der Waals surface area (Å²) >= 11 is 0.